The third-order valence-electron chi connectivity index (χ3n) is 6.27. The first-order valence-corrected chi connectivity index (χ1v) is 12.9. The minimum atomic E-state index is -0.667. The van der Waals surface area contributed by atoms with E-state index in [1.54, 1.807) is 58.3 Å². The Morgan fingerprint density at radius 2 is 1.78 bits per heavy atom. The molecule has 11 heteroatoms. The molecule has 2 amide bonds. The summed E-state index contributed by atoms with van der Waals surface area (Å²) >= 11 is 0. The van der Waals surface area contributed by atoms with Gasteiger partial charge in [-0.15, -0.1) is 0 Å². The Morgan fingerprint density at radius 1 is 1.00 bits per heavy atom. The highest BCUT2D eigenvalue weighted by Crippen LogP contribution is 2.31. The van der Waals surface area contributed by atoms with Crippen molar-refractivity contribution < 1.29 is 19.0 Å². The first-order chi connectivity index (χ1) is 19.6. The molecule has 0 radical (unpaired) electrons. The van der Waals surface area contributed by atoms with Crippen molar-refractivity contribution in [2.45, 2.75) is 32.9 Å². The Hall–Kier alpha value is -5.03. The van der Waals surface area contributed by atoms with Crippen molar-refractivity contribution in [3.8, 4) is 34.1 Å². The average molecular weight is 556 g/mol. The number of halogens is 1. The van der Waals surface area contributed by atoms with Crippen molar-refractivity contribution in [3.63, 3.8) is 0 Å². The van der Waals surface area contributed by atoms with Crippen molar-refractivity contribution in [1.82, 2.24) is 24.5 Å². The molecule has 2 aromatic carbocycles. The second kappa shape index (κ2) is 11.2. The van der Waals surface area contributed by atoms with Gasteiger partial charge in [0.05, 0.1) is 34.9 Å². The van der Waals surface area contributed by atoms with E-state index in [0.29, 0.717) is 28.4 Å². The molecule has 41 heavy (non-hydrogen) atoms. The maximum absolute atomic E-state index is 15.0. The zero-order valence-electron chi connectivity index (χ0n) is 23.1. The smallest absolute Gasteiger partial charge is 0.323 e. The van der Waals surface area contributed by atoms with Crippen LogP contribution in [0, 0.1) is 5.82 Å². The predicted molar refractivity (Wildman–Crippen MR) is 154 cm³/mol. The maximum atomic E-state index is 15.0. The number of aliphatic hydroxyl groups is 1. The van der Waals surface area contributed by atoms with Gasteiger partial charge in [0, 0.05) is 43.3 Å². The molecular weight excluding hydrogens is 525 g/mol. The summed E-state index contributed by atoms with van der Waals surface area (Å²) in [7, 11) is 1.81. The van der Waals surface area contributed by atoms with E-state index in [4.69, 9.17) is 4.74 Å². The number of pyridine rings is 1. The summed E-state index contributed by atoms with van der Waals surface area (Å²) in [5.74, 6) is 0.0654. The van der Waals surface area contributed by atoms with Crippen molar-refractivity contribution >= 4 is 17.4 Å². The van der Waals surface area contributed by atoms with E-state index >= 15 is 4.39 Å². The van der Waals surface area contributed by atoms with Crippen LogP contribution in [0.5, 0.6) is 11.5 Å². The van der Waals surface area contributed by atoms with E-state index in [-0.39, 0.29) is 23.6 Å². The van der Waals surface area contributed by atoms with Gasteiger partial charge in [-0.25, -0.2) is 9.18 Å². The summed E-state index contributed by atoms with van der Waals surface area (Å²) in [5, 5.41) is 23.7. The SMILES string of the molecule is Cn1nccc1-c1cc(Oc2ccc(NC(=O)Nc3cn(C(C)(C)C)nc3-c3cccc(CO)c3)c(F)c2)ccn1. The van der Waals surface area contributed by atoms with Crippen molar-refractivity contribution in [2.24, 2.45) is 7.05 Å². The predicted octanol–water partition coefficient (Wildman–Crippen LogP) is 6.17. The molecule has 0 bridgehead atoms. The number of urea groups is 1. The van der Waals surface area contributed by atoms with Crippen LogP contribution in [0.1, 0.15) is 26.3 Å². The van der Waals surface area contributed by atoms with Crippen LogP contribution in [-0.2, 0) is 19.2 Å². The molecule has 0 unspecified atom stereocenters. The third kappa shape index (κ3) is 6.25. The van der Waals surface area contributed by atoms with Crippen LogP contribution in [0.15, 0.2) is 79.3 Å². The Labute approximate surface area is 236 Å². The second-order valence-corrected chi connectivity index (χ2v) is 10.4. The first-order valence-electron chi connectivity index (χ1n) is 12.9. The number of rotatable bonds is 7. The Kier molecular flexibility index (Phi) is 7.54. The van der Waals surface area contributed by atoms with Gasteiger partial charge in [-0.1, -0.05) is 18.2 Å². The molecule has 0 fully saturated rings. The first kappa shape index (κ1) is 27.5. The molecule has 5 rings (SSSR count). The Bertz CT molecular complexity index is 1700. The minimum Gasteiger partial charge on any atom is -0.457 e. The van der Waals surface area contributed by atoms with Gasteiger partial charge in [0.25, 0.3) is 0 Å². The quantitative estimate of drug-likeness (QED) is 0.221. The summed E-state index contributed by atoms with van der Waals surface area (Å²) < 4.78 is 24.3. The average Bonchev–Trinajstić information content (AvgIpc) is 3.57. The molecule has 0 saturated heterocycles. The van der Waals surface area contributed by atoms with Crippen molar-refractivity contribution in [1.29, 1.82) is 0 Å². The molecule has 3 heterocycles. The number of hydrogen-bond donors (Lipinski definition) is 3. The van der Waals surface area contributed by atoms with Crippen LogP contribution in [0.25, 0.3) is 22.6 Å². The van der Waals surface area contributed by atoms with Crippen LogP contribution in [0.3, 0.4) is 0 Å². The van der Waals surface area contributed by atoms with Crippen LogP contribution < -0.4 is 15.4 Å². The van der Waals surface area contributed by atoms with Gasteiger partial charge in [0.2, 0.25) is 0 Å². The highest BCUT2D eigenvalue weighted by molar-refractivity contribution is 6.02. The number of hydrogen-bond acceptors (Lipinski definition) is 6. The molecule has 3 N–H and O–H groups in total. The monoisotopic (exact) mass is 555 g/mol. The number of amides is 2. The van der Waals surface area contributed by atoms with Crippen LogP contribution in [-0.4, -0.2) is 35.7 Å². The molecule has 5 aromatic rings. The van der Waals surface area contributed by atoms with Gasteiger partial charge < -0.3 is 20.5 Å². The van der Waals surface area contributed by atoms with Gasteiger partial charge in [-0.2, -0.15) is 10.2 Å². The standard InChI is InChI=1S/C30H30FN7O3/c1-30(2,3)38-17-26(28(36-38)20-7-5-6-19(14-20)18-39)35-29(40)34-24-9-8-21(15-23(24)31)41-22-10-12-32-25(16-22)27-11-13-33-37(27)4/h5-17,39H,18H2,1-4H3,(H2,34,35,40). The highest BCUT2D eigenvalue weighted by atomic mass is 19.1. The highest BCUT2D eigenvalue weighted by Gasteiger charge is 2.21. The van der Waals surface area contributed by atoms with Gasteiger partial charge in [-0.3, -0.25) is 14.3 Å². The fraction of sp³-hybridized carbons (Fsp3) is 0.200. The molecule has 0 aliphatic heterocycles. The lowest BCUT2D eigenvalue weighted by Gasteiger charge is -2.18. The summed E-state index contributed by atoms with van der Waals surface area (Å²) in [6, 6.07) is 16.1. The number of carbonyl (C=O) groups is 1. The van der Waals surface area contributed by atoms with E-state index in [1.807, 2.05) is 46.0 Å². The molecular formula is C30H30FN7O3. The zero-order valence-corrected chi connectivity index (χ0v) is 23.1. The summed E-state index contributed by atoms with van der Waals surface area (Å²) in [4.78, 5) is 17.3. The molecule has 0 aliphatic carbocycles. The number of carbonyl (C=O) groups excluding carboxylic acids is 1. The van der Waals surface area contributed by atoms with E-state index < -0.39 is 11.8 Å². The number of aryl methyl sites for hydroxylation is 1. The summed E-state index contributed by atoms with van der Waals surface area (Å²) in [6.07, 6.45) is 5.00. The van der Waals surface area contributed by atoms with Gasteiger partial charge in [0.1, 0.15) is 23.0 Å². The zero-order chi connectivity index (χ0) is 29.1. The van der Waals surface area contributed by atoms with Crippen molar-refractivity contribution in [3.05, 3.63) is 90.6 Å². The molecule has 210 valence electrons. The van der Waals surface area contributed by atoms with Gasteiger partial charge >= 0.3 is 6.03 Å². The van der Waals surface area contributed by atoms with E-state index in [2.05, 4.69) is 25.8 Å². The number of nitrogens with one attached hydrogen (secondary N) is 2. The molecule has 0 atom stereocenters. The fourth-order valence-corrected chi connectivity index (χ4v) is 4.15. The van der Waals surface area contributed by atoms with Crippen molar-refractivity contribution in [2.75, 3.05) is 10.6 Å². The minimum absolute atomic E-state index is 0.0211. The number of aliphatic hydroxyl groups excluding tert-OH is 1. The van der Waals surface area contributed by atoms with E-state index in [1.165, 1.54) is 12.1 Å². The molecule has 0 aliphatic rings. The van der Waals surface area contributed by atoms with Gasteiger partial charge in [0.15, 0.2) is 0 Å². The van der Waals surface area contributed by atoms with Crippen LogP contribution in [0.2, 0.25) is 0 Å². The van der Waals surface area contributed by atoms with Crippen LogP contribution >= 0.6 is 0 Å². The maximum Gasteiger partial charge on any atom is 0.323 e. The topological polar surface area (TPSA) is 119 Å². The summed E-state index contributed by atoms with van der Waals surface area (Å²) in [6.45, 7) is 5.84. The number of ether oxygens (including phenoxy) is 1. The van der Waals surface area contributed by atoms with Gasteiger partial charge in [-0.05, 0) is 56.7 Å². The number of anilines is 2. The molecule has 0 saturated carbocycles. The molecule has 10 nitrogen and oxygen atoms in total. The Balaban J connectivity index is 1.32. The van der Waals surface area contributed by atoms with E-state index in [9.17, 15) is 9.90 Å². The number of nitrogens with zero attached hydrogens (tertiary/aromatic N) is 5. The Morgan fingerprint density at radius 3 is 2.49 bits per heavy atom. The number of aromatic nitrogens is 5. The lowest BCUT2D eigenvalue weighted by Crippen LogP contribution is -2.22. The second-order valence-electron chi connectivity index (χ2n) is 10.4. The lowest BCUT2D eigenvalue weighted by molar-refractivity contribution is 0.262. The lowest BCUT2D eigenvalue weighted by atomic mass is 10.1. The fourth-order valence-electron chi connectivity index (χ4n) is 4.15. The van der Waals surface area contributed by atoms with Crippen LogP contribution in [0.4, 0.5) is 20.6 Å². The summed E-state index contributed by atoms with van der Waals surface area (Å²) in [5.41, 5.74) is 3.51. The normalized spacial score (nSPS) is 11.4. The molecule has 0 spiro atoms. The number of benzene rings is 2. The third-order valence-corrected chi connectivity index (χ3v) is 6.27. The van der Waals surface area contributed by atoms with E-state index in [0.717, 1.165) is 11.3 Å². The molecule has 3 aromatic heterocycles. The largest absolute Gasteiger partial charge is 0.457 e.